The summed E-state index contributed by atoms with van der Waals surface area (Å²) < 4.78 is 9.85. The molecule has 1 fully saturated rings. The van der Waals surface area contributed by atoms with Gasteiger partial charge in [0, 0.05) is 43.4 Å². The van der Waals surface area contributed by atoms with E-state index in [1.807, 2.05) is 39.8 Å². The number of anilines is 1. The number of amides is 1. The van der Waals surface area contributed by atoms with Crippen molar-refractivity contribution < 1.29 is 14.3 Å². The first-order chi connectivity index (χ1) is 16.2. The van der Waals surface area contributed by atoms with E-state index in [0.717, 1.165) is 54.3 Å². The molecule has 1 aromatic heterocycles. The molecule has 7 nitrogen and oxygen atoms in total. The number of benzene rings is 1. The van der Waals surface area contributed by atoms with Gasteiger partial charge in [-0.05, 0) is 58.2 Å². The number of hydrogen-bond donors (Lipinski definition) is 1. The van der Waals surface area contributed by atoms with Gasteiger partial charge in [0.1, 0.15) is 5.82 Å². The van der Waals surface area contributed by atoms with Gasteiger partial charge in [0.05, 0.1) is 28.2 Å². The molecular weight excluding hydrogens is 475 g/mol. The molecular formula is C25H36Cl2N4O3. The molecule has 0 saturated carbocycles. The van der Waals surface area contributed by atoms with Gasteiger partial charge in [0.25, 0.3) is 0 Å². The van der Waals surface area contributed by atoms with Crippen molar-refractivity contribution in [2.24, 2.45) is 0 Å². The fraction of sp³-hybridized carbons (Fsp3) is 0.560. The normalized spacial score (nSPS) is 15.2. The molecule has 0 aliphatic carbocycles. The van der Waals surface area contributed by atoms with Crippen molar-refractivity contribution in [3.63, 3.8) is 0 Å². The van der Waals surface area contributed by atoms with E-state index in [4.69, 9.17) is 37.9 Å². The van der Waals surface area contributed by atoms with Gasteiger partial charge in [-0.15, -0.1) is 0 Å². The lowest BCUT2D eigenvalue weighted by Crippen LogP contribution is -2.33. The number of nitrogens with one attached hydrogen (secondary N) is 1. The van der Waals surface area contributed by atoms with Crippen LogP contribution in [0.3, 0.4) is 0 Å². The quantitative estimate of drug-likeness (QED) is 0.473. The molecule has 188 valence electrons. The van der Waals surface area contributed by atoms with Crippen molar-refractivity contribution in [2.45, 2.75) is 66.0 Å². The van der Waals surface area contributed by atoms with Crippen LogP contribution in [0.1, 0.15) is 52.4 Å². The van der Waals surface area contributed by atoms with Gasteiger partial charge >= 0.3 is 6.09 Å². The van der Waals surface area contributed by atoms with Gasteiger partial charge in [-0.3, -0.25) is 0 Å². The van der Waals surface area contributed by atoms with E-state index < -0.39 is 0 Å². The molecule has 2 aromatic rings. The maximum atomic E-state index is 12.2. The summed E-state index contributed by atoms with van der Waals surface area (Å²) in [6.45, 7) is 11.8. The molecule has 0 radical (unpaired) electrons. The van der Waals surface area contributed by atoms with Crippen molar-refractivity contribution in [1.82, 2.24) is 14.9 Å². The summed E-state index contributed by atoms with van der Waals surface area (Å²) in [7, 11) is 1.68. The zero-order chi connectivity index (χ0) is 25.3. The number of aromatic nitrogens is 2. The Balaban J connectivity index is 0.000000945. The third-order valence-corrected chi connectivity index (χ3v) is 5.86. The van der Waals surface area contributed by atoms with Gasteiger partial charge in [-0.2, -0.15) is 0 Å². The number of ether oxygens (including phenoxy) is 2. The first-order valence-corrected chi connectivity index (χ1v) is 12.6. The smallest absolute Gasteiger partial charge is 0.410 e. The second kappa shape index (κ2) is 13.7. The van der Waals surface area contributed by atoms with Crippen LogP contribution in [0.25, 0.3) is 11.3 Å². The van der Waals surface area contributed by atoms with E-state index in [2.05, 4.69) is 17.0 Å². The van der Waals surface area contributed by atoms with E-state index in [1.54, 1.807) is 18.1 Å². The second-order valence-corrected chi connectivity index (χ2v) is 9.07. The maximum absolute atomic E-state index is 12.2. The van der Waals surface area contributed by atoms with Gasteiger partial charge < -0.3 is 19.7 Å². The van der Waals surface area contributed by atoms with E-state index in [1.165, 1.54) is 0 Å². The molecule has 1 amide bonds. The Bertz CT molecular complexity index is 954. The first-order valence-electron chi connectivity index (χ1n) is 11.8. The van der Waals surface area contributed by atoms with E-state index in [-0.39, 0.29) is 18.2 Å². The topological polar surface area (TPSA) is 76.6 Å². The van der Waals surface area contributed by atoms with Gasteiger partial charge in [-0.25, -0.2) is 14.8 Å². The Morgan fingerprint density at radius 3 is 2.41 bits per heavy atom. The number of nitrogens with zero attached hydrogens (tertiary/aromatic N) is 3. The molecule has 1 N–H and O–H groups in total. The Hall–Kier alpha value is -2.09. The Labute approximate surface area is 213 Å². The highest BCUT2D eigenvalue weighted by molar-refractivity contribution is 6.36. The van der Waals surface area contributed by atoms with Crippen molar-refractivity contribution in [3.05, 3.63) is 39.6 Å². The summed E-state index contributed by atoms with van der Waals surface area (Å²) in [4.78, 5) is 23.7. The Morgan fingerprint density at radius 1 is 1.18 bits per heavy atom. The third kappa shape index (κ3) is 7.72. The molecule has 1 aliphatic rings. The summed E-state index contributed by atoms with van der Waals surface area (Å²) in [6.07, 6.45) is 1.89. The van der Waals surface area contributed by atoms with Crippen LogP contribution in [0.2, 0.25) is 10.0 Å². The number of carbonyl (C=O) groups excluding carboxylic acids is 1. The summed E-state index contributed by atoms with van der Waals surface area (Å²) in [5, 5.41) is 4.65. The van der Waals surface area contributed by atoms with Crippen LogP contribution in [-0.2, 0) is 22.3 Å². The molecule has 34 heavy (non-hydrogen) atoms. The fourth-order valence-corrected chi connectivity index (χ4v) is 4.02. The highest BCUT2D eigenvalue weighted by Crippen LogP contribution is 2.32. The molecule has 2 heterocycles. The van der Waals surface area contributed by atoms with Crippen LogP contribution >= 0.6 is 23.2 Å². The van der Waals surface area contributed by atoms with Crippen molar-refractivity contribution >= 4 is 35.1 Å². The standard InChI is InChI=1S/C22H28Cl2N4O2.C3H8O/c1-5-18-20(16-8-7-14(23)11-17(16)24)26-19(6-2)21(27-18)25-15-9-10-28(12-15)22(29)30-13(3)4;1-3-4-2/h7-8,11,13,15H,5-6,9-10,12H2,1-4H3,(H,25,27);3H2,1-2H3/t15-;/m0./s1. The summed E-state index contributed by atoms with van der Waals surface area (Å²) in [5.74, 6) is 0.771. The largest absolute Gasteiger partial charge is 0.447 e. The van der Waals surface area contributed by atoms with Gasteiger partial charge in [-0.1, -0.05) is 37.0 Å². The average Bonchev–Trinajstić information content (AvgIpc) is 3.27. The van der Waals surface area contributed by atoms with Crippen LogP contribution in [-0.4, -0.2) is 59.9 Å². The average molecular weight is 511 g/mol. The molecule has 1 saturated heterocycles. The zero-order valence-electron chi connectivity index (χ0n) is 21.0. The molecule has 9 heteroatoms. The number of rotatable bonds is 7. The van der Waals surface area contributed by atoms with Gasteiger partial charge in [0.2, 0.25) is 0 Å². The summed E-state index contributed by atoms with van der Waals surface area (Å²) in [5.41, 5.74) is 3.36. The predicted molar refractivity (Wildman–Crippen MR) is 139 cm³/mol. The van der Waals surface area contributed by atoms with E-state index in [9.17, 15) is 4.79 Å². The molecule has 1 aromatic carbocycles. The lowest BCUT2D eigenvalue weighted by molar-refractivity contribution is 0.0834. The summed E-state index contributed by atoms with van der Waals surface area (Å²) in [6, 6.07) is 5.53. The van der Waals surface area contributed by atoms with E-state index in [0.29, 0.717) is 23.1 Å². The Kier molecular flexibility index (Phi) is 11.4. The lowest BCUT2D eigenvalue weighted by Gasteiger charge is -2.20. The second-order valence-electron chi connectivity index (χ2n) is 8.23. The van der Waals surface area contributed by atoms with Crippen LogP contribution in [0.5, 0.6) is 0 Å². The van der Waals surface area contributed by atoms with Crippen LogP contribution < -0.4 is 5.32 Å². The minimum atomic E-state index is -0.266. The zero-order valence-corrected chi connectivity index (χ0v) is 22.5. The number of hydrogen-bond acceptors (Lipinski definition) is 6. The van der Waals surface area contributed by atoms with Crippen molar-refractivity contribution in [1.29, 1.82) is 0 Å². The minimum absolute atomic E-state index is 0.110. The molecule has 0 spiro atoms. The van der Waals surface area contributed by atoms with Crippen LogP contribution in [0.4, 0.5) is 10.6 Å². The number of likely N-dealkylation sites (tertiary alicyclic amines) is 1. The van der Waals surface area contributed by atoms with E-state index >= 15 is 0 Å². The maximum Gasteiger partial charge on any atom is 0.410 e. The molecule has 3 rings (SSSR count). The first kappa shape index (κ1) is 28.1. The third-order valence-electron chi connectivity index (χ3n) is 5.31. The fourth-order valence-electron chi connectivity index (χ4n) is 3.52. The van der Waals surface area contributed by atoms with Crippen molar-refractivity contribution in [3.8, 4) is 11.3 Å². The summed E-state index contributed by atoms with van der Waals surface area (Å²) >= 11 is 12.5. The number of carbonyl (C=O) groups is 1. The molecule has 1 aliphatic heterocycles. The minimum Gasteiger partial charge on any atom is -0.447 e. The highest BCUT2D eigenvalue weighted by atomic mass is 35.5. The van der Waals surface area contributed by atoms with Crippen LogP contribution in [0, 0.1) is 0 Å². The lowest BCUT2D eigenvalue weighted by atomic mass is 10.1. The molecule has 1 atom stereocenters. The van der Waals surface area contributed by atoms with Crippen LogP contribution in [0.15, 0.2) is 18.2 Å². The SMILES string of the molecule is CCOC.CCc1nc(-c2ccc(Cl)cc2Cl)c(CC)nc1N[C@H]1CCN(C(=O)OC(C)C)C1. The Morgan fingerprint density at radius 2 is 1.85 bits per heavy atom. The number of methoxy groups -OCH3 is 1. The highest BCUT2D eigenvalue weighted by Gasteiger charge is 2.29. The van der Waals surface area contributed by atoms with Gasteiger partial charge in [0.15, 0.2) is 0 Å². The molecule has 0 bridgehead atoms. The monoisotopic (exact) mass is 510 g/mol. The molecule has 0 unspecified atom stereocenters. The number of halogens is 2. The predicted octanol–water partition coefficient (Wildman–Crippen LogP) is 6.26. The van der Waals surface area contributed by atoms with Crippen molar-refractivity contribution in [2.75, 3.05) is 32.1 Å². The number of aryl methyl sites for hydroxylation is 2.